The number of aromatic nitrogens is 1. The first-order valence-corrected chi connectivity index (χ1v) is 6.70. The third-order valence-corrected chi connectivity index (χ3v) is 3.53. The summed E-state index contributed by atoms with van der Waals surface area (Å²) in [6.45, 7) is 5.99. The molecule has 0 radical (unpaired) electrons. The molecule has 0 spiro atoms. The topological polar surface area (TPSA) is 42.4 Å². The van der Waals surface area contributed by atoms with E-state index in [0.717, 1.165) is 22.0 Å². The lowest BCUT2D eigenvalue weighted by Crippen LogP contribution is -2.14. The van der Waals surface area contributed by atoms with Crippen LogP contribution < -0.4 is 4.74 Å². The monoisotopic (exact) mass is 263 g/mol. The SMILES string of the molecule is Cc1csc(COc2ccc(C(C)(C)O)cc2)n1. The van der Waals surface area contributed by atoms with E-state index in [2.05, 4.69) is 4.98 Å². The Morgan fingerprint density at radius 1 is 1.28 bits per heavy atom. The van der Waals surface area contributed by atoms with Gasteiger partial charge in [0.15, 0.2) is 0 Å². The Kier molecular flexibility index (Phi) is 3.68. The number of hydrogen-bond acceptors (Lipinski definition) is 4. The highest BCUT2D eigenvalue weighted by atomic mass is 32.1. The van der Waals surface area contributed by atoms with Crippen molar-refractivity contribution >= 4 is 11.3 Å². The largest absolute Gasteiger partial charge is 0.486 e. The highest BCUT2D eigenvalue weighted by Gasteiger charge is 2.15. The van der Waals surface area contributed by atoms with Crippen molar-refractivity contribution in [1.29, 1.82) is 0 Å². The maximum Gasteiger partial charge on any atom is 0.140 e. The molecule has 0 aliphatic heterocycles. The zero-order valence-electron chi connectivity index (χ0n) is 10.8. The van der Waals surface area contributed by atoms with Crippen LogP contribution in [-0.4, -0.2) is 10.1 Å². The molecule has 1 N–H and O–H groups in total. The lowest BCUT2D eigenvalue weighted by molar-refractivity contribution is 0.0785. The number of aliphatic hydroxyl groups is 1. The number of benzene rings is 1. The van der Waals surface area contributed by atoms with E-state index >= 15 is 0 Å². The molecule has 4 heteroatoms. The molecule has 0 saturated carbocycles. The van der Waals surface area contributed by atoms with Gasteiger partial charge in [-0.25, -0.2) is 4.98 Å². The van der Waals surface area contributed by atoms with Gasteiger partial charge < -0.3 is 9.84 Å². The molecule has 3 nitrogen and oxygen atoms in total. The van der Waals surface area contributed by atoms with Gasteiger partial charge in [0.1, 0.15) is 17.4 Å². The minimum Gasteiger partial charge on any atom is -0.486 e. The van der Waals surface area contributed by atoms with Gasteiger partial charge in [0.05, 0.1) is 5.60 Å². The zero-order valence-corrected chi connectivity index (χ0v) is 11.6. The van der Waals surface area contributed by atoms with Gasteiger partial charge in [0.25, 0.3) is 0 Å². The summed E-state index contributed by atoms with van der Waals surface area (Å²) in [6.07, 6.45) is 0. The molecule has 0 fully saturated rings. The van der Waals surface area contributed by atoms with Crippen molar-refractivity contribution in [3.05, 3.63) is 45.9 Å². The minimum atomic E-state index is -0.815. The molecule has 2 aromatic rings. The molecule has 1 aromatic carbocycles. The average molecular weight is 263 g/mol. The van der Waals surface area contributed by atoms with E-state index in [1.54, 1.807) is 25.2 Å². The van der Waals surface area contributed by atoms with E-state index < -0.39 is 5.60 Å². The molecule has 0 amide bonds. The molecule has 96 valence electrons. The van der Waals surface area contributed by atoms with Crippen LogP contribution in [0.3, 0.4) is 0 Å². The predicted molar refractivity (Wildman–Crippen MR) is 72.9 cm³/mol. The molecule has 0 bridgehead atoms. The third kappa shape index (κ3) is 3.31. The number of nitrogens with zero attached hydrogens (tertiary/aromatic N) is 1. The smallest absolute Gasteiger partial charge is 0.140 e. The normalized spacial score (nSPS) is 11.6. The van der Waals surface area contributed by atoms with Crippen LogP contribution in [0.1, 0.15) is 30.1 Å². The molecular weight excluding hydrogens is 246 g/mol. The summed E-state index contributed by atoms with van der Waals surface area (Å²) in [7, 11) is 0. The molecule has 0 aliphatic rings. The van der Waals surface area contributed by atoms with Crippen LogP contribution in [0.15, 0.2) is 29.6 Å². The van der Waals surface area contributed by atoms with Crippen LogP contribution in [0.4, 0.5) is 0 Å². The van der Waals surface area contributed by atoms with Gasteiger partial charge >= 0.3 is 0 Å². The third-order valence-electron chi connectivity index (χ3n) is 2.59. The van der Waals surface area contributed by atoms with Crippen molar-refractivity contribution in [3.63, 3.8) is 0 Å². The number of ether oxygens (including phenoxy) is 1. The van der Waals surface area contributed by atoms with Crippen molar-refractivity contribution < 1.29 is 9.84 Å². The predicted octanol–water partition coefficient (Wildman–Crippen LogP) is 3.26. The van der Waals surface area contributed by atoms with Crippen molar-refractivity contribution in [2.75, 3.05) is 0 Å². The fourth-order valence-electron chi connectivity index (χ4n) is 1.57. The summed E-state index contributed by atoms with van der Waals surface area (Å²) in [4.78, 5) is 4.34. The Balaban J connectivity index is 1.98. The van der Waals surface area contributed by atoms with Gasteiger partial charge in [-0.2, -0.15) is 0 Å². The van der Waals surface area contributed by atoms with Crippen LogP contribution in [-0.2, 0) is 12.2 Å². The molecule has 0 saturated heterocycles. The zero-order chi connectivity index (χ0) is 13.2. The van der Waals surface area contributed by atoms with Gasteiger partial charge in [-0.3, -0.25) is 0 Å². The summed E-state index contributed by atoms with van der Waals surface area (Å²) in [5.74, 6) is 0.788. The van der Waals surface area contributed by atoms with Gasteiger partial charge in [0.2, 0.25) is 0 Å². The number of aryl methyl sites for hydroxylation is 1. The number of thiazole rings is 1. The standard InChI is InChI=1S/C14H17NO2S/c1-10-9-18-13(15-10)8-17-12-6-4-11(5-7-12)14(2,3)16/h4-7,9,16H,8H2,1-3H3. The second-order valence-corrected chi connectivity index (χ2v) is 5.70. The molecule has 0 unspecified atom stereocenters. The molecule has 2 rings (SSSR count). The summed E-state index contributed by atoms with van der Waals surface area (Å²) in [5.41, 5.74) is 1.08. The molecule has 18 heavy (non-hydrogen) atoms. The first-order chi connectivity index (χ1) is 8.45. The van der Waals surface area contributed by atoms with Crippen molar-refractivity contribution in [2.24, 2.45) is 0 Å². The number of rotatable bonds is 4. The quantitative estimate of drug-likeness (QED) is 0.920. The summed E-state index contributed by atoms with van der Waals surface area (Å²) in [5, 5.41) is 12.8. The van der Waals surface area contributed by atoms with Gasteiger partial charge in [-0.1, -0.05) is 12.1 Å². The first kappa shape index (κ1) is 13.1. The van der Waals surface area contributed by atoms with E-state index in [-0.39, 0.29) is 0 Å². The highest BCUT2D eigenvalue weighted by Crippen LogP contribution is 2.23. The van der Waals surface area contributed by atoms with E-state index in [4.69, 9.17) is 4.74 Å². The van der Waals surface area contributed by atoms with Crippen LogP contribution >= 0.6 is 11.3 Å². The van der Waals surface area contributed by atoms with E-state index in [1.807, 2.05) is 36.6 Å². The molecule has 1 aromatic heterocycles. The molecule has 0 atom stereocenters. The van der Waals surface area contributed by atoms with Crippen molar-refractivity contribution in [2.45, 2.75) is 33.0 Å². The fourth-order valence-corrected chi connectivity index (χ4v) is 2.26. The Morgan fingerprint density at radius 2 is 1.94 bits per heavy atom. The highest BCUT2D eigenvalue weighted by molar-refractivity contribution is 7.09. The van der Waals surface area contributed by atoms with Gasteiger partial charge in [-0.15, -0.1) is 11.3 Å². The summed E-state index contributed by atoms with van der Waals surface area (Å²) in [6, 6.07) is 7.49. The Bertz CT molecular complexity index is 511. The summed E-state index contributed by atoms with van der Waals surface area (Å²) >= 11 is 1.60. The molecule has 0 aliphatic carbocycles. The van der Waals surface area contributed by atoms with Gasteiger partial charge in [0, 0.05) is 11.1 Å². The Morgan fingerprint density at radius 3 is 2.44 bits per heavy atom. The fraction of sp³-hybridized carbons (Fsp3) is 0.357. The van der Waals surface area contributed by atoms with Crippen LogP contribution in [0.2, 0.25) is 0 Å². The maximum absolute atomic E-state index is 9.84. The van der Waals surface area contributed by atoms with Crippen LogP contribution in [0, 0.1) is 6.92 Å². The van der Waals surface area contributed by atoms with Crippen molar-refractivity contribution in [1.82, 2.24) is 4.98 Å². The molecular formula is C14H17NO2S. The maximum atomic E-state index is 9.84. The second kappa shape index (κ2) is 5.08. The second-order valence-electron chi connectivity index (χ2n) is 4.75. The average Bonchev–Trinajstić information content (AvgIpc) is 2.72. The van der Waals surface area contributed by atoms with Crippen LogP contribution in [0.25, 0.3) is 0 Å². The van der Waals surface area contributed by atoms with E-state index in [9.17, 15) is 5.11 Å². The molecule has 1 heterocycles. The minimum absolute atomic E-state index is 0.486. The number of hydrogen-bond donors (Lipinski definition) is 1. The lowest BCUT2D eigenvalue weighted by Gasteiger charge is -2.17. The van der Waals surface area contributed by atoms with Crippen molar-refractivity contribution in [3.8, 4) is 5.75 Å². The lowest BCUT2D eigenvalue weighted by atomic mass is 9.99. The van der Waals surface area contributed by atoms with Gasteiger partial charge in [-0.05, 0) is 38.5 Å². The van der Waals surface area contributed by atoms with E-state index in [1.165, 1.54) is 0 Å². The van der Waals surface area contributed by atoms with Crippen LogP contribution in [0.5, 0.6) is 5.75 Å². The Labute approximate surface area is 111 Å². The first-order valence-electron chi connectivity index (χ1n) is 5.82. The Hall–Kier alpha value is -1.39. The van der Waals surface area contributed by atoms with E-state index in [0.29, 0.717) is 6.61 Å². The summed E-state index contributed by atoms with van der Waals surface area (Å²) < 4.78 is 5.64.